The Hall–Kier alpha value is -0.480. The number of allylic oxidation sites excluding steroid dienone is 2. The van der Waals surface area contributed by atoms with Gasteiger partial charge in [0.1, 0.15) is 13.2 Å². The van der Waals surface area contributed by atoms with Gasteiger partial charge in [-0.15, -0.1) is 0 Å². The van der Waals surface area contributed by atoms with Gasteiger partial charge in [-0.25, -0.2) is 13.8 Å². The van der Waals surface area contributed by atoms with Gasteiger partial charge in [0.2, 0.25) is 5.66 Å². The van der Waals surface area contributed by atoms with Crippen molar-refractivity contribution in [2.24, 2.45) is 11.3 Å². The van der Waals surface area contributed by atoms with Gasteiger partial charge in [-0.3, -0.25) is 0 Å². The van der Waals surface area contributed by atoms with Gasteiger partial charge in [-0.1, -0.05) is 26.0 Å². The van der Waals surface area contributed by atoms with E-state index in [1.807, 2.05) is 26.0 Å². The van der Waals surface area contributed by atoms with Crippen LogP contribution in [0.1, 0.15) is 40.0 Å². The van der Waals surface area contributed by atoms with Crippen LogP contribution >= 0.6 is 7.94 Å². The highest BCUT2D eigenvalue weighted by molar-refractivity contribution is 7.61. The van der Waals surface area contributed by atoms with E-state index in [1.165, 1.54) is 0 Å². The highest BCUT2D eigenvalue weighted by atomic mass is 31.2. The van der Waals surface area contributed by atoms with Crippen LogP contribution in [0, 0.1) is 11.3 Å². The average molecular weight is 316 g/mol. The summed E-state index contributed by atoms with van der Waals surface area (Å²) in [5, 5.41) is 0. The molecule has 1 saturated heterocycles. The first-order valence-corrected chi connectivity index (χ1v) is 9.21. The van der Waals surface area contributed by atoms with Gasteiger partial charge in [0.15, 0.2) is 0 Å². The molecule has 2 rings (SSSR count). The molecule has 1 aliphatic heterocycles. The van der Waals surface area contributed by atoms with Crippen LogP contribution in [0.2, 0.25) is 0 Å². The lowest BCUT2D eigenvalue weighted by atomic mass is 9.93. The topological polar surface area (TPSA) is 67.8 Å². The summed E-state index contributed by atoms with van der Waals surface area (Å²) in [6.45, 7) is 6.63. The van der Waals surface area contributed by atoms with E-state index in [0.717, 1.165) is 19.3 Å². The number of hydrogen-bond acceptors (Lipinski definition) is 5. The molecule has 6 heteroatoms. The summed E-state index contributed by atoms with van der Waals surface area (Å²) in [6.07, 6.45) is 6.76. The lowest BCUT2D eigenvalue weighted by Crippen LogP contribution is -2.45. The van der Waals surface area contributed by atoms with E-state index >= 15 is 0 Å². The van der Waals surface area contributed by atoms with E-state index in [0.29, 0.717) is 13.2 Å². The van der Waals surface area contributed by atoms with Gasteiger partial charge in [0.25, 0.3) is 7.94 Å². The highest BCUT2D eigenvalue weighted by Gasteiger charge is 2.54. The van der Waals surface area contributed by atoms with E-state index in [9.17, 15) is 9.69 Å². The molecule has 0 radical (unpaired) electrons. The normalized spacial score (nSPS) is 28.9. The molecular weight excluding hydrogens is 291 g/mol. The first-order valence-electron chi connectivity index (χ1n) is 7.60. The standard InChI is InChI=1S/C15H25O5P/c1-4-18-14(16)13(12-8-6-5-7-9-12)21(17)19-10-15(2,3)11-20-21/h6,8,12-13H,4-5,7,9-11H2,1-3H3. The van der Waals surface area contributed by atoms with Crippen molar-refractivity contribution in [2.75, 3.05) is 19.8 Å². The minimum Gasteiger partial charge on any atom is -0.631 e. The Bertz CT molecular complexity index is 397. The van der Waals surface area contributed by atoms with Crippen LogP contribution in [-0.4, -0.2) is 31.4 Å². The summed E-state index contributed by atoms with van der Waals surface area (Å²) >= 11 is 0. The Morgan fingerprint density at radius 2 is 2.14 bits per heavy atom. The van der Waals surface area contributed by atoms with Crippen molar-refractivity contribution in [3.05, 3.63) is 12.2 Å². The Morgan fingerprint density at radius 1 is 1.48 bits per heavy atom. The van der Waals surface area contributed by atoms with Crippen molar-refractivity contribution >= 4 is 13.9 Å². The third-order valence-corrected chi connectivity index (χ3v) is 6.09. The van der Waals surface area contributed by atoms with Gasteiger partial charge < -0.3 is 9.63 Å². The second kappa shape index (κ2) is 6.74. The fraction of sp³-hybridized carbons (Fsp3) is 0.800. The average Bonchev–Trinajstić information content (AvgIpc) is 2.44. The molecule has 0 aromatic heterocycles. The zero-order valence-corrected chi connectivity index (χ0v) is 13.9. The predicted octanol–water partition coefficient (Wildman–Crippen LogP) is 2.47. The number of esters is 1. The van der Waals surface area contributed by atoms with Crippen LogP contribution in [0.15, 0.2) is 12.2 Å². The zero-order valence-electron chi connectivity index (χ0n) is 13.0. The number of hydrogen-bond donors (Lipinski definition) is 0. The quantitative estimate of drug-likeness (QED) is 0.453. The summed E-state index contributed by atoms with van der Waals surface area (Å²) in [7, 11) is -3.48. The van der Waals surface area contributed by atoms with Crippen LogP contribution in [0.4, 0.5) is 0 Å². The molecule has 0 aromatic carbocycles. The molecule has 1 aliphatic carbocycles. The molecule has 2 atom stereocenters. The van der Waals surface area contributed by atoms with Crippen LogP contribution in [0.25, 0.3) is 0 Å². The number of ether oxygens (including phenoxy) is 1. The van der Waals surface area contributed by atoms with E-state index in [1.54, 1.807) is 6.92 Å². The summed E-state index contributed by atoms with van der Waals surface area (Å²) < 4.78 is 16.2. The van der Waals surface area contributed by atoms with Gasteiger partial charge in [-0.05, 0) is 26.2 Å². The third-order valence-electron chi connectivity index (χ3n) is 3.84. The molecule has 0 aromatic rings. The second-order valence-corrected chi connectivity index (χ2v) is 8.62. The Balaban J connectivity index is 2.20. The lowest BCUT2D eigenvalue weighted by molar-refractivity contribution is -0.237. The van der Waals surface area contributed by atoms with Gasteiger partial charge in [0, 0.05) is 11.3 Å². The molecule has 2 aliphatic rings. The van der Waals surface area contributed by atoms with Crippen molar-refractivity contribution < 1.29 is 23.5 Å². The fourth-order valence-corrected chi connectivity index (χ4v) is 5.14. The molecule has 0 N–H and O–H groups in total. The molecule has 5 nitrogen and oxygen atoms in total. The summed E-state index contributed by atoms with van der Waals surface area (Å²) in [4.78, 5) is 25.4. The van der Waals surface area contributed by atoms with E-state index in [4.69, 9.17) is 13.8 Å². The van der Waals surface area contributed by atoms with Crippen molar-refractivity contribution in [1.29, 1.82) is 0 Å². The largest absolute Gasteiger partial charge is 0.631 e. The monoisotopic (exact) mass is 316 g/mol. The van der Waals surface area contributed by atoms with E-state index < -0.39 is 19.6 Å². The Kier molecular flexibility index (Phi) is 5.42. The fourth-order valence-electron chi connectivity index (χ4n) is 2.64. The maximum atomic E-state index is 13.1. The summed E-state index contributed by atoms with van der Waals surface area (Å²) in [5.41, 5.74) is -1.03. The maximum absolute atomic E-state index is 13.1. The SMILES string of the molecule is CCOC(=O)C(C1C=CCCC1)[P+]1([O-])OCC(C)(C)CO1. The van der Waals surface area contributed by atoms with Gasteiger partial charge in [-0.2, -0.15) is 0 Å². The first kappa shape index (κ1) is 16.9. The smallest absolute Gasteiger partial charge is 0.352 e. The first-order chi connectivity index (χ1) is 9.88. The molecule has 1 heterocycles. The molecule has 2 unspecified atom stereocenters. The highest BCUT2D eigenvalue weighted by Crippen LogP contribution is 2.64. The third kappa shape index (κ3) is 4.04. The minimum absolute atomic E-state index is 0.134. The van der Waals surface area contributed by atoms with Gasteiger partial charge >= 0.3 is 5.97 Å². The van der Waals surface area contributed by atoms with Crippen LogP contribution < -0.4 is 4.89 Å². The summed E-state index contributed by atoms with van der Waals surface area (Å²) in [5.74, 6) is -0.609. The Morgan fingerprint density at radius 3 is 2.67 bits per heavy atom. The number of carbonyl (C=O) groups excluding carboxylic acids is 1. The minimum atomic E-state index is -3.48. The van der Waals surface area contributed by atoms with E-state index in [2.05, 4.69) is 0 Å². The molecule has 21 heavy (non-hydrogen) atoms. The zero-order chi connectivity index (χ0) is 15.5. The molecule has 0 spiro atoms. The van der Waals surface area contributed by atoms with E-state index in [-0.39, 0.29) is 17.9 Å². The molecule has 1 fully saturated rings. The Labute approximate surface area is 127 Å². The molecular formula is C15H25O5P. The van der Waals surface area contributed by atoms with Crippen molar-refractivity contribution in [1.82, 2.24) is 0 Å². The molecule has 0 saturated carbocycles. The lowest BCUT2D eigenvalue weighted by Gasteiger charge is -2.42. The molecule has 120 valence electrons. The van der Waals surface area contributed by atoms with Crippen LogP contribution in [0.3, 0.4) is 0 Å². The molecule has 0 amide bonds. The summed E-state index contributed by atoms with van der Waals surface area (Å²) in [6, 6.07) is 0. The van der Waals surface area contributed by atoms with Gasteiger partial charge in [0.05, 0.1) is 6.61 Å². The second-order valence-electron chi connectivity index (χ2n) is 6.47. The van der Waals surface area contributed by atoms with Crippen molar-refractivity contribution in [2.45, 2.75) is 45.7 Å². The van der Waals surface area contributed by atoms with Crippen molar-refractivity contribution in [3.63, 3.8) is 0 Å². The maximum Gasteiger partial charge on any atom is 0.352 e. The molecule has 0 bridgehead atoms. The number of carbonyl (C=O) groups is 1. The van der Waals surface area contributed by atoms with Crippen LogP contribution in [0.5, 0.6) is 0 Å². The van der Waals surface area contributed by atoms with Crippen LogP contribution in [-0.2, 0) is 18.6 Å². The van der Waals surface area contributed by atoms with Crippen molar-refractivity contribution in [3.8, 4) is 0 Å². The predicted molar refractivity (Wildman–Crippen MR) is 79.5 cm³/mol. The number of rotatable bonds is 4.